The van der Waals surface area contributed by atoms with Crippen LogP contribution in [0, 0.1) is 0 Å². The summed E-state index contributed by atoms with van der Waals surface area (Å²) in [6.45, 7) is 7.29. The van der Waals surface area contributed by atoms with Crippen LogP contribution < -0.4 is 5.32 Å². The third-order valence-corrected chi connectivity index (χ3v) is 3.70. The maximum Gasteiger partial charge on any atom is 0.231 e. The molecule has 0 spiro atoms. The number of nitrogens with zero attached hydrogens (tertiary/aromatic N) is 2. The van der Waals surface area contributed by atoms with E-state index in [0.29, 0.717) is 22.8 Å². The van der Waals surface area contributed by atoms with Crippen LogP contribution in [0.2, 0.25) is 5.02 Å². The first-order chi connectivity index (χ1) is 9.65. The van der Waals surface area contributed by atoms with Crippen molar-refractivity contribution < 1.29 is 4.52 Å². The van der Waals surface area contributed by atoms with Gasteiger partial charge in [0.1, 0.15) is 0 Å². The molecule has 2 atom stereocenters. The summed E-state index contributed by atoms with van der Waals surface area (Å²) in [5.74, 6) is 1.46. The SMILES string of the molecule is CCNC(CC)C(C)c1nc(-c2ccc(Cl)cc2)no1. The predicted octanol–water partition coefficient (Wildman–Crippen LogP) is 3.88. The topological polar surface area (TPSA) is 51.0 Å². The molecule has 20 heavy (non-hydrogen) atoms. The zero-order valence-corrected chi connectivity index (χ0v) is 12.8. The minimum Gasteiger partial charge on any atom is -0.339 e. The van der Waals surface area contributed by atoms with Crippen LogP contribution in [-0.4, -0.2) is 22.7 Å². The largest absolute Gasteiger partial charge is 0.339 e. The zero-order chi connectivity index (χ0) is 14.5. The summed E-state index contributed by atoms with van der Waals surface area (Å²) in [5.41, 5.74) is 0.910. The van der Waals surface area contributed by atoms with E-state index in [2.05, 4.69) is 36.2 Å². The van der Waals surface area contributed by atoms with Crippen molar-refractivity contribution in [3.63, 3.8) is 0 Å². The van der Waals surface area contributed by atoms with Crippen molar-refractivity contribution in [2.45, 2.75) is 39.2 Å². The molecule has 0 aliphatic heterocycles. The third-order valence-electron chi connectivity index (χ3n) is 3.44. The summed E-state index contributed by atoms with van der Waals surface area (Å²) in [5, 5.41) is 8.20. The molecule has 0 radical (unpaired) electrons. The summed E-state index contributed by atoms with van der Waals surface area (Å²) in [4.78, 5) is 4.50. The van der Waals surface area contributed by atoms with E-state index in [1.165, 1.54) is 0 Å². The van der Waals surface area contributed by atoms with Crippen molar-refractivity contribution in [3.8, 4) is 11.4 Å². The summed E-state index contributed by atoms with van der Waals surface area (Å²) >= 11 is 5.88. The van der Waals surface area contributed by atoms with E-state index in [1.807, 2.05) is 24.3 Å². The number of halogens is 1. The molecule has 1 N–H and O–H groups in total. The lowest BCUT2D eigenvalue weighted by Gasteiger charge is -2.20. The molecule has 5 heteroatoms. The Kier molecular flexibility index (Phi) is 5.15. The highest BCUT2D eigenvalue weighted by Crippen LogP contribution is 2.24. The van der Waals surface area contributed by atoms with Gasteiger partial charge in [0.15, 0.2) is 0 Å². The van der Waals surface area contributed by atoms with E-state index in [9.17, 15) is 0 Å². The molecule has 4 nitrogen and oxygen atoms in total. The normalized spacial score (nSPS) is 14.2. The molecule has 1 heterocycles. The average Bonchev–Trinajstić information content (AvgIpc) is 2.94. The molecule has 0 fully saturated rings. The van der Waals surface area contributed by atoms with Gasteiger partial charge in [-0.05, 0) is 37.2 Å². The molecule has 2 aromatic rings. The summed E-state index contributed by atoms with van der Waals surface area (Å²) in [6, 6.07) is 7.78. The molecule has 0 bridgehead atoms. The maximum atomic E-state index is 5.88. The van der Waals surface area contributed by atoms with E-state index in [4.69, 9.17) is 16.1 Å². The molecular formula is C15H20ClN3O. The highest BCUT2D eigenvalue weighted by atomic mass is 35.5. The monoisotopic (exact) mass is 293 g/mol. The van der Waals surface area contributed by atoms with Gasteiger partial charge in [-0.3, -0.25) is 0 Å². The Balaban J connectivity index is 2.17. The van der Waals surface area contributed by atoms with Gasteiger partial charge < -0.3 is 9.84 Å². The summed E-state index contributed by atoms with van der Waals surface area (Å²) < 4.78 is 5.41. The van der Waals surface area contributed by atoms with Crippen LogP contribution in [0.15, 0.2) is 28.8 Å². The number of aromatic nitrogens is 2. The van der Waals surface area contributed by atoms with E-state index >= 15 is 0 Å². The van der Waals surface area contributed by atoms with Crippen molar-refractivity contribution in [1.82, 2.24) is 15.5 Å². The Morgan fingerprint density at radius 1 is 1.25 bits per heavy atom. The highest BCUT2D eigenvalue weighted by Gasteiger charge is 2.22. The van der Waals surface area contributed by atoms with Gasteiger partial charge in [0.2, 0.25) is 11.7 Å². The Morgan fingerprint density at radius 3 is 2.55 bits per heavy atom. The van der Waals surface area contributed by atoms with Crippen molar-refractivity contribution in [2.24, 2.45) is 0 Å². The van der Waals surface area contributed by atoms with Gasteiger partial charge >= 0.3 is 0 Å². The van der Waals surface area contributed by atoms with Crippen LogP contribution in [0.1, 0.15) is 39.0 Å². The van der Waals surface area contributed by atoms with Crippen molar-refractivity contribution in [2.75, 3.05) is 6.54 Å². The molecule has 0 aliphatic carbocycles. The molecule has 2 rings (SSSR count). The lowest BCUT2D eigenvalue weighted by Crippen LogP contribution is -2.33. The summed E-state index contributed by atoms with van der Waals surface area (Å²) in [6.07, 6.45) is 1.02. The van der Waals surface area contributed by atoms with Gasteiger partial charge in [-0.25, -0.2) is 0 Å². The van der Waals surface area contributed by atoms with E-state index in [-0.39, 0.29) is 5.92 Å². The second-order valence-corrected chi connectivity index (χ2v) is 5.26. The molecule has 0 amide bonds. The average molecular weight is 294 g/mol. The van der Waals surface area contributed by atoms with Crippen LogP contribution in [0.5, 0.6) is 0 Å². The number of hydrogen-bond acceptors (Lipinski definition) is 4. The first-order valence-electron chi connectivity index (χ1n) is 6.98. The maximum absolute atomic E-state index is 5.88. The fourth-order valence-electron chi connectivity index (χ4n) is 2.25. The smallest absolute Gasteiger partial charge is 0.231 e. The number of rotatable bonds is 6. The van der Waals surface area contributed by atoms with Gasteiger partial charge in [-0.1, -0.05) is 37.5 Å². The first kappa shape index (κ1) is 15.0. The fourth-order valence-corrected chi connectivity index (χ4v) is 2.37. The number of hydrogen-bond donors (Lipinski definition) is 1. The lowest BCUT2D eigenvalue weighted by molar-refractivity contribution is 0.321. The first-order valence-corrected chi connectivity index (χ1v) is 7.36. The van der Waals surface area contributed by atoms with Crippen molar-refractivity contribution in [1.29, 1.82) is 0 Å². The van der Waals surface area contributed by atoms with Crippen LogP contribution in [0.25, 0.3) is 11.4 Å². The van der Waals surface area contributed by atoms with Crippen LogP contribution in [0.4, 0.5) is 0 Å². The second kappa shape index (κ2) is 6.86. The Morgan fingerprint density at radius 2 is 1.95 bits per heavy atom. The minimum absolute atomic E-state index is 0.188. The van der Waals surface area contributed by atoms with Gasteiger partial charge in [-0.2, -0.15) is 4.98 Å². The van der Waals surface area contributed by atoms with E-state index in [1.54, 1.807) is 0 Å². The molecule has 1 aromatic carbocycles. The van der Waals surface area contributed by atoms with E-state index < -0.39 is 0 Å². The molecule has 0 saturated heterocycles. The molecule has 1 aromatic heterocycles. The van der Waals surface area contributed by atoms with Crippen LogP contribution in [-0.2, 0) is 0 Å². The van der Waals surface area contributed by atoms with Gasteiger partial charge in [0, 0.05) is 16.6 Å². The molecule has 0 saturated carbocycles. The lowest BCUT2D eigenvalue weighted by atomic mass is 9.99. The Hall–Kier alpha value is -1.39. The Labute approximate surface area is 124 Å². The quantitative estimate of drug-likeness (QED) is 0.878. The molecular weight excluding hydrogens is 274 g/mol. The van der Waals surface area contributed by atoms with Crippen LogP contribution >= 0.6 is 11.6 Å². The highest BCUT2D eigenvalue weighted by molar-refractivity contribution is 6.30. The van der Waals surface area contributed by atoms with Crippen molar-refractivity contribution in [3.05, 3.63) is 35.2 Å². The van der Waals surface area contributed by atoms with E-state index in [0.717, 1.165) is 18.5 Å². The number of likely N-dealkylation sites (N-methyl/N-ethyl adjacent to an activating group) is 1. The van der Waals surface area contributed by atoms with Gasteiger partial charge in [0.05, 0.1) is 5.92 Å². The van der Waals surface area contributed by atoms with Gasteiger partial charge in [-0.15, -0.1) is 0 Å². The standard InChI is InChI=1S/C15H20ClN3O/c1-4-13(17-5-2)10(3)15-18-14(19-20-15)11-6-8-12(16)9-7-11/h6-10,13,17H,4-5H2,1-3H3. The van der Waals surface area contributed by atoms with Crippen LogP contribution in [0.3, 0.4) is 0 Å². The fraction of sp³-hybridized carbons (Fsp3) is 0.467. The van der Waals surface area contributed by atoms with Crippen molar-refractivity contribution >= 4 is 11.6 Å². The molecule has 108 valence electrons. The number of benzene rings is 1. The number of nitrogens with one attached hydrogen (secondary N) is 1. The second-order valence-electron chi connectivity index (χ2n) is 4.82. The molecule has 2 unspecified atom stereocenters. The zero-order valence-electron chi connectivity index (χ0n) is 12.1. The summed E-state index contributed by atoms with van der Waals surface area (Å²) in [7, 11) is 0. The third kappa shape index (κ3) is 3.38. The predicted molar refractivity (Wildman–Crippen MR) is 80.9 cm³/mol. The minimum atomic E-state index is 0.188. The Bertz CT molecular complexity index is 538. The molecule has 0 aliphatic rings. The van der Waals surface area contributed by atoms with Gasteiger partial charge in [0.25, 0.3) is 0 Å².